The summed E-state index contributed by atoms with van der Waals surface area (Å²) in [4.78, 5) is 0.689. The first-order valence-corrected chi connectivity index (χ1v) is 10.4. The van der Waals surface area contributed by atoms with Crippen LogP contribution in [0, 0.1) is 5.92 Å². The molecule has 1 aromatic rings. The molecule has 1 heterocycles. The smallest absolute Gasteiger partial charge is 0.333 e. The van der Waals surface area contributed by atoms with Gasteiger partial charge in [-0.05, 0) is 31.4 Å². The first kappa shape index (κ1) is 19.4. The molecule has 1 saturated heterocycles. The lowest BCUT2D eigenvalue weighted by Gasteiger charge is -2.34. The van der Waals surface area contributed by atoms with Crippen LogP contribution in [0.15, 0.2) is 41.3 Å². The van der Waals surface area contributed by atoms with Crippen molar-refractivity contribution in [1.82, 2.24) is 4.31 Å². The number of alkyl halides is 3. The minimum Gasteiger partial charge on any atom is -0.333 e. The van der Waals surface area contributed by atoms with E-state index in [2.05, 4.69) is 12.2 Å². The van der Waals surface area contributed by atoms with Gasteiger partial charge in [0.05, 0.1) is 43.2 Å². The van der Waals surface area contributed by atoms with Gasteiger partial charge < -0.3 is 4.90 Å². The van der Waals surface area contributed by atoms with Gasteiger partial charge in [-0.25, -0.2) is 8.42 Å². The van der Waals surface area contributed by atoms with E-state index in [0.717, 1.165) is 37.9 Å². The third-order valence-electron chi connectivity index (χ3n) is 5.19. The van der Waals surface area contributed by atoms with Crippen molar-refractivity contribution in [2.75, 3.05) is 32.7 Å². The van der Waals surface area contributed by atoms with Crippen molar-refractivity contribution in [2.45, 2.75) is 30.3 Å². The highest BCUT2D eigenvalue weighted by atomic mass is 32.2. The summed E-state index contributed by atoms with van der Waals surface area (Å²) in [7, 11) is -4.14. The zero-order valence-electron chi connectivity index (χ0n) is 14.5. The van der Waals surface area contributed by atoms with Crippen molar-refractivity contribution in [3.8, 4) is 0 Å². The second-order valence-electron chi connectivity index (χ2n) is 7.00. The van der Waals surface area contributed by atoms with Crippen molar-refractivity contribution < 1.29 is 26.5 Å². The molecular weight excluding hydrogens is 365 g/mol. The molecule has 1 fully saturated rings. The van der Waals surface area contributed by atoms with Crippen LogP contribution in [0.4, 0.5) is 13.2 Å². The number of quaternary nitrogens is 1. The summed E-state index contributed by atoms with van der Waals surface area (Å²) in [5, 5.41) is 0. The highest BCUT2D eigenvalue weighted by Crippen LogP contribution is 2.35. The number of hydrogen-bond donors (Lipinski definition) is 1. The van der Waals surface area contributed by atoms with Crippen LogP contribution in [-0.2, 0) is 16.2 Å². The number of benzene rings is 1. The molecule has 0 aromatic heterocycles. The van der Waals surface area contributed by atoms with Crippen LogP contribution < -0.4 is 4.90 Å². The van der Waals surface area contributed by atoms with Crippen LogP contribution in [0.3, 0.4) is 0 Å². The highest BCUT2D eigenvalue weighted by molar-refractivity contribution is 7.89. The van der Waals surface area contributed by atoms with E-state index in [4.69, 9.17) is 0 Å². The number of halogens is 3. The van der Waals surface area contributed by atoms with E-state index in [1.165, 1.54) is 21.3 Å². The van der Waals surface area contributed by atoms with E-state index in [-0.39, 0.29) is 13.1 Å². The van der Waals surface area contributed by atoms with Gasteiger partial charge in [0.1, 0.15) is 0 Å². The molecule has 3 rings (SSSR count). The van der Waals surface area contributed by atoms with Crippen LogP contribution in [-0.4, -0.2) is 45.4 Å². The van der Waals surface area contributed by atoms with E-state index in [0.29, 0.717) is 19.0 Å². The van der Waals surface area contributed by atoms with Gasteiger partial charge in [-0.2, -0.15) is 17.5 Å². The molecule has 2 aliphatic rings. The molecular formula is C18H24F3N2O2S+. The Morgan fingerprint density at radius 1 is 1.12 bits per heavy atom. The summed E-state index contributed by atoms with van der Waals surface area (Å²) in [6.07, 6.45) is 3.00. The Hall–Kier alpha value is -1.38. The van der Waals surface area contributed by atoms with Gasteiger partial charge in [0, 0.05) is 5.92 Å². The third-order valence-corrected chi connectivity index (χ3v) is 7.15. The van der Waals surface area contributed by atoms with E-state index in [1.54, 1.807) is 0 Å². The molecule has 1 atom stereocenters. The fourth-order valence-electron chi connectivity index (χ4n) is 3.76. The molecule has 1 N–H and O–H groups in total. The zero-order valence-corrected chi connectivity index (χ0v) is 15.3. The number of sulfonamides is 1. The number of allylic oxidation sites excluding steroid dienone is 2. The monoisotopic (exact) mass is 389 g/mol. The standard InChI is InChI=1S/C18H23F3N2O2S/c19-18(20,21)16-8-4-5-9-17(16)26(24,25)23-12-10-22(11-13-23)14-15-6-2-1-3-7-15/h1-2,4-5,8-9,15H,3,6-7,10-14H2/p+1/t15-/m1/s1. The van der Waals surface area contributed by atoms with E-state index in [1.807, 2.05) is 0 Å². The van der Waals surface area contributed by atoms with Gasteiger partial charge in [0.2, 0.25) is 10.0 Å². The van der Waals surface area contributed by atoms with Gasteiger partial charge >= 0.3 is 6.18 Å². The first-order chi connectivity index (χ1) is 12.3. The highest BCUT2D eigenvalue weighted by Gasteiger charge is 2.40. The van der Waals surface area contributed by atoms with E-state index >= 15 is 0 Å². The van der Waals surface area contributed by atoms with Gasteiger partial charge in [-0.3, -0.25) is 0 Å². The summed E-state index contributed by atoms with van der Waals surface area (Å²) >= 11 is 0. The summed E-state index contributed by atoms with van der Waals surface area (Å²) in [6.45, 7) is 2.78. The molecule has 8 heteroatoms. The molecule has 1 aliphatic carbocycles. The Morgan fingerprint density at radius 3 is 2.42 bits per heavy atom. The number of nitrogens with one attached hydrogen (secondary N) is 1. The normalized spacial score (nSPS) is 23.3. The van der Waals surface area contributed by atoms with E-state index < -0.39 is 26.7 Å². The maximum Gasteiger partial charge on any atom is 0.417 e. The quantitative estimate of drug-likeness (QED) is 0.800. The minimum absolute atomic E-state index is 0.256. The van der Waals surface area contributed by atoms with Gasteiger partial charge in [0.25, 0.3) is 0 Å². The van der Waals surface area contributed by atoms with Crippen molar-refractivity contribution in [2.24, 2.45) is 5.92 Å². The maximum absolute atomic E-state index is 13.2. The summed E-state index contributed by atoms with van der Waals surface area (Å²) < 4.78 is 66.2. The molecule has 0 bridgehead atoms. The number of piperazine rings is 1. The molecule has 0 spiro atoms. The Balaban J connectivity index is 1.68. The number of hydrogen-bond acceptors (Lipinski definition) is 2. The lowest BCUT2D eigenvalue weighted by Crippen LogP contribution is -3.15. The molecule has 4 nitrogen and oxygen atoms in total. The minimum atomic E-state index is -4.69. The van der Waals surface area contributed by atoms with Crippen LogP contribution in [0.2, 0.25) is 0 Å². The number of nitrogens with zero attached hydrogens (tertiary/aromatic N) is 1. The largest absolute Gasteiger partial charge is 0.417 e. The zero-order chi connectivity index (χ0) is 18.8. The van der Waals surface area contributed by atoms with Crippen LogP contribution in [0.25, 0.3) is 0 Å². The van der Waals surface area contributed by atoms with Crippen molar-refractivity contribution in [3.63, 3.8) is 0 Å². The third kappa shape index (κ3) is 4.29. The SMILES string of the molecule is O=S(=O)(c1ccccc1C(F)(F)F)N1CC[NH+](C[C@@H]2CC=CCC2)CC1. The topological polar surface area (TPSA) is 41.8 Å². The molecule has 0 saturated carbocycles. The molecule has 0 unspecified atom stereocenters. The Morgan fingerprint density at radius 2 is 1.81 bits per heavy atom. The van der Waals surface area contributed by atoms with Gasteiger partial charge in [0.15, 0.2) is 0 Å². The predicted molar refractivity (Wildman–Crippen MR) is 92.2 cm³/mol. The molecule has 144 valence electrons. The summed E-state index contributed by atoms with van der Waals surface area (Å²) in [6, 6.07) is 4.42. The average Bonchev–Trinajstić information content (AvgIpc) is 2.62. The lowest BCUT2D eigenvalue weighted by molar-refractivity contribution is -0.907. The van der Waals surface area contributed by atoms with Gasteiger partial charge in [-0.1, -0.05) is 24.3 Å². The van der Waals surface area contributed by atoms with E-state index in [9.17, 15) is 21.6 Å². The lowest BCUT2D eigenvalue weighted by atomic mass is 9.94. The van der Waals surface area contributed by atoms with Crippen molar-refractivity contribution >= 4 is 10.0 Å². The average molecular weight is 389 g/mol. The maximum atomic E-state index is 13.2. The fourth-order valence-corrected chi connectivity index (χ4v) is 5.42. The predicted octanol–water partition coefficient (Wildman–Crippen LogP) is 1.95. The molecule has 0 amide bonds. The second-order valence-corrected chi connectivity index (χ2v) is 8.91. The Bertz CT molecular complexity index is 754. The Kier molecular flexibility index (Phi) is 5.74. The fraction of sp³-hybridized carbons (Fsp3) is 0.556. The second kappa shape index (κ2) is 7.70. The molecule has 0 radical (unpaired) electrons. The van der Waals surface area contributed by atoms with Crippen molar-refractivity contribution in [1.29, 1.82) is 0 Å². The summed E-state index contributed by atoms with van der Waals surface area (Å²) in [5.41, 5.74) is -1.09. The molecule has 1 aliphatic heterocycles. The Labute approximate surface area is 152 Å². The van der Waals surface area contributed by atoms with Crippen LogP contribution in [0.5, 0.6) is 0 Å². The van der Waals surface area contributed by atoms with Crippen LogP contribution >= 0.6 is 0 Å². The number of rotatable bonds is 4. The molecule has 26 heavy (non-hydrogen) atoms. The van der Waals surface area contributed by atoms with Gasteiger partial charge in [-0.15, -0.1) is 0 Å². The van der Waals surface area contributed by atoms with Crippen LogP contribution in [0.1, 0.15) is 24.8 Å². The first-order valence-electron chi connectivity index (χ1n) is 8.93. The molecule has 1 aromatic carbocycles. The van der Waals surface area contributed by atoms with Crippen molar-refractivity contribution in [3.05, 3.63) is 42.0 Å². The summed E-state index contributed by atoms with van der Waals surface area (Å²) in [5.74, 6) is 0.615.